The highest BCUT2D eigenvalue weighted by molar-refractivity contribution is 6.32. The number of hydrogen-bond acceptors (Lipinski definition) is 6. The SMILES string of the molecule is CCOc1cc([C@H]2C(C(=O)OC3CCCCC3)=C(C)NC3=C2C(=O)C[C@@H](c2ccccc2)C3)cc(Cl)c1O. The Labute approximate surface area is 228 Å². The van der Waals surface area contributed by atoms with Gasteiger partial charge in [-0.15, -0.1) is 0 Å². The summed E-state index contributed by atoms with van der Waals surface area (Å²) in [7, 11) is 0. The predicted octanol–water partition coefficient (Wildman–Crippen LogP) is 6.68. The summed E-state index contributed by atoms with van der Waals surface area (Å²) in [5.41, 5.74) is 4.17. The summed E-state index contributed by atoms with van der Waals surface area (Å²) >= 11 is 6.43. The highest BCUT2D eigenvalue weighted by Crippen LogP contribution is 2.48. The Morgan fingerprint density at radius 1 is 1.08 bits per heavy atom. The molecule has 2 aromatic carbocycles. The monoisotopic (exact) mass is 535 g/mol. The first-order chi connectivity index (χ1) is 18.4. The number of ketones is 1. The van der Waals surface area contributed by atoms with Crippen molar-refractivity contribution >= 4 is 23.4 Å². The molecule has 1 fully saturated rings. The largest absolute Gasteiger partial charge is 0.503 e. The summed E-state index contributed by atoms with van der Waals surface area (Å²) in [4.78, 5) is 27.6. The quantitative estimate of drug-likeness (QED) is 0.401. The van der Waals surface area contributed by atoms with Gasteiger partial charge in [0.25, 0.3) is 0 Å². The second-order valence-electron chi connectivity index (χ2n) is 10.4. The van der Waals surface area contributed by atoms with Crippen LogP contribution in [-0.4, -0.2) is 29.6 Å². The predicted molar refractivity (Wildman–Crippen MR) is 146 cm³/mol. The Hall–Kier alpha value is -3.25. The van der Waals surface area contributed by atoms with Crippen LogP contribution in [0.15, 0.2) is 65.0 Å². The number of phenols is 1. The molecule has 1 saturated carbocycles. The fourth-order valence-electron chi connectivity index (χ4n) is 6.03. The molecule has 0 saturated heterocycles. The number of ether oxygens (including phenoxy) is 2. The molecule has 5 rings (SSSR count). The minimum Gasteiger partial charge on any atom is -0.503 e. The van der Waals surface area contributed by atoms with E-state index in [1.165, 1.54) is 0 Å². The number of allylic oxidation sites excluding steroid dienone is 3. The number of dihydropyridines is 1. The molecule has 1 heterocycles. The first-order valence-corrected chi connectivity index (χ1v) is 13.9. The van der Waals surface area contributed by atoms with Crippen molar-refractivity contribution in [3.8, 4) is 11.5 Å². The van der Waals surface area contributed by atoms with Crippen LogP contribution in [0.25, 0.3) is 0 Å². The van der Waals surface area contributed by atoms with E-state index in [-0.39, 0.29) is 34.3 Å². The lowest BCUT2D eigenvalue weighted by Crippen LogP contribution is -2.37. The van der Waals surface area contributed by atoms with Gasteiger partial charge in [0.1, 0.15) is 6.10 Å². The first-order valence-electron chi connectivity index (χ1n) is 13.5. The number of carbonyl (C=O) groups excluding carboxylic acids is 2. The van der Waals surface area contributed by atoms with E-state index in [1.807, 2.05) is 44.2 Å². The van der Waals surface area contributed by atoms with Crippen LogP contribution < -0.4 is 10.1 Å². The van der Waals surface area contributed by atoms with Crippen LogP contribution in [0.1, 0.15) is 81.8 Å². The molecule has 6 nitrogen and oxygen atoms in total. The van der Waals surface area contributed by atoms with Gasteiger partial charge >= 0.3 is 5.97 Å². The summed E-state index contributed by atoms with van der Waals surface area (Å²) in [5, 5.41) is 14.0. The molecular weight excluding hydrogens is 502 g/mol. The molecule has 0 amide bonds. The van der Waals surface area contributed by atoms with Crippen molar-refractivity contribution in [2.75, 3.05) is 6.61 Å². The molecule has 0 aromatic heterocycles. The zero-order valence-corrected chi connectivity index (χ0v) is 22.6. The highest BCUT2D eigenvalue weighted by Gasteiger charge is 2.42. The summed E-state index contributed by atoms with van der Waals surface area (Å²) in [6.45, 7) is 4.00. The molecule has 0 unspecified atom stereocenters. The van der Waals surface area contributed by atoms with Gasteiger partial charge in [-0.3, -0.25) is 4.79 Å². The zero-order valence-electron chi connectivity index (χ0n) is 21.9. The van der Waals surface area contributed by atoms with Crippen LogP contribution in [0.2, 0.25) is 5.02 Å². The Morgan fingerprint density at radius 3 is 2.53 bits per heavy atom. The molecule has 2 atom stereocenters. The van der Waals surface area contributed by atoms with Crippen LogP contribution in [0.3, 0.4) is 0 Å². The van der Waals surface area contributed by atoms with Crippen LogP contribution >= 0.6 is 11.6 Å². The van der Waals surface area contributed by atoms with Gasteiger partial charge in [0, 0.05) is 29.3 Å². The Bertz CT molecular complexity index is 1290. The molecule has 0 bridgehead atoms. The van der Waals surface area contributed by atoms with E-state index in [0.29, 0.717) is 41.9 Å². The van der Waals surface area contributed by atoms with Crippen LogP contribution in [0.4, 0.5) is 0 Å². The molecule has 2 aliphatic carbocycles. The number of phenolic OH excluding ortho intramolecular Hbond substituents is 1. The molecule has 0 spiro atoms. The van der Waals surface area contributed by atoms with Crippen LogP contribution in [-0.2, 0) is 14.3 Å². The molecule has 7 heteroatoms. The smallest absolute Gasteiger partial charge is 0.337 e. The second-order valence-corrected chi connectivity index (χ2v) is 10.8. The molecule has 2 aromatic rings. The van der Waals surface area contributed by atoms with Crippen molar-refractivity contribution in [3.05, 3.63) is 81.2 Å². The maximum atomic E-state index is 13.8. The number of esters is 1. The van der Waals surface area contributed by atoms with Crippen molar-refractivity contribution in [1.29, 1.82) is 0 Å². The van der Waals surface area contributed by atoms with Crippen LogP contribution in [0.5, 0.6) is 11.5 Å². The van der Waals surface area contributed by atoms with E-state index in [4.69, 9.17) is 21.1 Å². The lowest BCUT2D eigenvalue weighted by Gasteiger charge is -2.37. The van der Waals surface area contributed by atoms with E-state index >= 15 is 0 Å². The third-order valence-corrected chi connectivity index (χ3v) is 8.12. The van der Waals surface area contributed by atoms with Gasteiger partial charge in [-0.1, -0.05) is 48.4 Å². The van der Waals surface area contributed by atoms with E-state index < -0.39 is 11.9 Å². The standard InChI is InChI=1S/C31H34ClNO5/c1-3-37-26-17-21(14-23(32)30(26)35)28-27(31(36)38-22-12-8-5-9-13-22)18(2)33-24-15-20(16-25(34)29(24)28)19-10-6-4-7-11-19/h4,6-7,10-11,14,17,20,22,28,33,35H,3,5,8-9,12-13,15-16H2,1-2H3/t20-,28-/m0/s1. The number of carbonyl (C=O) groups is 2. The van der Waals surface area contributed by atoms with Gasteiger partial charge in [0.05, 0.1) is 17.2 Å². The van der Waals surface area contributed by atoms with Gasteiger partial charge in [0.15, 0.2) is 17.3 Å². The summed E-state index contributed by atoms with van der Waals surface area (Å²) < 4.78 is 11.7. The fraction of sp³-hybridized carbons (Fsp3) is 0.419. The normalized spacial score (nSPS) is 22.1. The van der Waals surface area contributed by atoms with Crippen molar-refractivity contribution in [2.45, 2.75) is 76.7 Å². The van der Waals surface area contributed by atoms with E-state index in [0.717, 1.165) is 43.4 Å². The molecule has 38 heavy (non-hydrogen) atoms. The third kappa shape index (κ3) is 5.19. The average molecular weight is 536 g/mol. The average Bonchev–Trinajstić information content (AvgIpc) is 2.91. The topological polar surface area (TPSA) is 84.9 Å². The van der Waals surface area contributed by atoms with Gasteiger partial charge in [-0.2, -0.15) is 0 Å². The molecule has 1 aliphatic heterocycles. The maximum Gasteiger partial charge on any atom is 0.337 e. The fourth-order valence-corrected chi connectivity index (χ4v) is 6.25. The Balaban J connectivity index is 1.59. The van der Waals surface area contributed by atoms with E-state index in [1.54, 1.807) is 12.1 Å². The van der Waals surface area contributed by atoms with Crippen molar-refractivity contribution in [1.82, 2.24) is 5.32 Å². The number of rotatable bonds is 6. The molecule has 3 aliphatic rings. The number of hydrogen-bond donors (Lipinski definition) is 2. The molecule has 0 radical (unpaired) electrons. The summed E-state index contributed by atoms with van der Waals surface area (Å²) in [6.07, 6.45) is 5.79. The zero-order chi connectivity index (χ0) is 26.8. The highest BCUT2D eigenvalue weighted by atomic mass is 35.5. The molecule has 2 N–H and O–H groups in total. The molecule has 200 valence electrons. The number of Topliss-reactive ketones (excluding diaryl/α,β-unsaturated/α-hetero) is 1. The first kappa shape index (κ1) is 26.4. The van der Waals surface area contributed by atoms with Gasteiger partial charge in [-0.05, 0) is 75.1 Å². The summed E-state index contributed by atoms with van der Waals surface area (Å²) in [5.74, 6) is -1.01. The van der Waals surface area contributed by atoms with Crippen molar-refractivity contribution in [2.24, 2.45) is 0 Å². The lowest BCUT2D eigenvalue weighted by atomic mass is 9.71. The number of nitrogens with one attached hydrogen (secondary N) is 1. The summed E-state index contributed by atoms with van der Waals surface area (Å²) in [6, 6.07) is 13.3. The van der Waals surface area contributed by atoms with Crippen LogP contribution in [0, 0.1) is 0 Å². The van der Waals surface area contributed by atoms with Gasteiger partial charge < -0.3 is 19.9 Å². The Morgan fingerprint density at radius 2 is 1.82 bits per heavy atom. The minimum atomic E-state index is -0.677. The van der Waals surface area contributed by atoms with E-state index in [2.05, 4.69) is 5.32 Å². The second kappa shape index (κ2) is 11.2. The Kier molecular flexibility index (Phi) is 7.80. The van der Waals surface area contributed by atoms with Crippen molar-refractivity contribution in [3.63, 3.8) is 0 Å². The van der Waals surface area contributed by atoms with E-state index in [9.17, 15) is 14.7 Å². The number of aromatic hydroxyl groups is 1. The third-order valence-electron chi connectivity index (χ3n) is 7.83. The van der Waals surface area contributed by atoms with Crippen molar-refractivity contribution < 1.29 is 24.2 Å². The number of halogens is 1. The lowest BCUT2D eigenvalue weighted by molar-refractivity contribution is -0.146. The van der Waals surface area contributed by atoms with Gasteiger partial charge in [0.2, 0.25) is 0 Å². The van der Waals surface area contributed by atoms with Gasteiger partial charge in [-0.25, -0.2) is 4.79 Å². The minimum absolute atomic E-state index is 0.0183. The maximum absolute atomic E-state index is 13.8. The molecular formula is C31H34ClNO5. The number of benzene rings is 2.